The molecule has 0 heterocycles. The van der Waals surface area contributed by atoms with E-state index in [-0.39, 0.29) is 10.8 Å². The lowest BCUT2D eigenvalue weighted by atomic mass is 9.72. The molecule has 0 fully saturated rings. The van der Waals surface area contributed by atoms with Crippen LogP contribution in [0.1, 0.15) is 52.7 Å². The van der Waals surface area contributed by atoms with E-state index < -0.39 is 0 Å². The zero-order chi connectivity index (χ0) is 15.8. The predicted molar refractivity (Wildman–Crippen MR) is 97.0 cm³/mol. The Morgan fingerprint density at radius 2 is 1.24 bits per heavy atom. The van der Waals surface area contributed by atoms with Gasteiger partial charge in [-0.25, -0.2) is 0 Å². The van der Waals surface area contributed by atoms with Crippen molar-refractivity contribution in [2.45, 2.75) is 52.4 Å². The van der Waals surface area contributed by atoms with Gasteiger partial charge >= 0.3 is 0 Å². The third-order valence-corrected chi connectivity index (χ3v) is 4.48. The highest BCUT2D eigenvalue weighted by Crippen LogP contribution is 2.42. The van der Waals surface area contributed by atoms with Gasteiger partial charge in [-0.05, 0) is 39.2 Å². The third kappa shape index (κ3) is 3.40. The summed E-state index contributed by atoms with van der Waals surface area (Å²) < 4.78 is 1.15. The molecule has 0 aliphatic carbocycles. The second-order valence-electron chi connectivity index (χ2n) is 7.71. The molecule has 0 aromatic heterocycles. The number of rotatable bonds is 1. The molecule has 0 N–H and O–H groups in total. The molecule has 0 saturated heterocycles. The van der Waals surface area contributed by atoms with E-state index in [9.17, 15) is 0 Å². The van der Waals surface area contributed by atoms with E-state index in [0.29, 0.717) is 0 Å². The fraction of sp³-hybridized carbons (Fsp3) is 0.400. The molecule has 0 amide bonds. The van der Waals surface area contributed by atoms with Gasteiger partial charge in [0.25, 0.3) is 0 Å². The summed E-state index contributed by atoms with van der Waals surface area (Å²) in [6.45, 7) is 13.8. The molecule has 1 heteroatoms. The van der Waals surface area contributed by atoms with Gasteiger partial charge in [0.05, 0.1) is 0 Å². The molecule has 0 saturated carbocycles. The Morgan fingerprint density at radius 1 is 0.667 bits per heavy atom. The van der Waals surface area contributed by atoms with E-state index >= 15 is 0 Å². The van der Waals surface area contributed by atoms with Crippen LogP contribution in [0.5, 0.6) is 0 Å². The molecule has 0 atom stereocenters. The largest absolute Gasteiger partial charge is 0.0616 e. The number of hydrogen-bond donors (Lipinski definition) is 0. The molecule has 0 spiro atoms. The quantitative estimate of drug-likeness (QED) is 0.539. The van der Waals surface area contributed by atoms with Crippen LogP contribution in [0, 0.1) is 0 Å². The highest BCUT2D eigenvalue weighted by molar-refractivity contribution is 9.10. The minimum Gasteiger partial charge on any atom is -0.0616 e. The highest BCUT2D eigenvalue weighted by Gasteiger charge is 2.28. The summed E-state index contributed by atoms with van der Waals surface area (Å²) >= 11 is 3.71. The molecular weight excluding hydrogens is 320 g/mol. The van der Waals surface area contributed by atoms with Gasteiger partial charge in [-0.1, -0.05) is 93.9 Å². The summed E-state index contributed by atoms with van der Waals surface area (Å²) in [5.41, 5.74) is 5.73. The van der Waals surface area contributed by atoms with E-state index in [2.05, 4.69) is 99.9 Å². The molecule has 112 valence electrons. The molecule has 0 radical (unpaired) electrons. The average molecular weight is 345 g/mol. The van der Waals surface area contributed by atoms with Crippen LogP contribution in [0.25, 0.3) is 11.1 Å². The zero-order valence-corrected chi connectivity index (χ0v) is 15.5. The molecule has 0 bridgehead atoms. The van der Waals surface area contributed by atoms with E-state index in [4.69, 9.17) is 0 Å². The van der Waals surface area contributed by atoms with Crippen molar-refractivity contribution in [2.75, 3.05) is 0 Å². The summed E-state index contributed by atoms with van der Waals surface area (Å²) in [7, 11) is 0. The molecule has 21 heavy (non-hydrogen) atoms. The Labute approximate surface area is 137 Å². The van der Waals surface area contributed by atoms with Crippen LogP contribution >= 0.6 is 15.9 Å². The van der Waals surface area contributed by atoms with Crippen molar-refractivity contribution in [3.05, 3.63) is 58.1 Å². The van der Waals surface area contributed by atoms with Crippen molar-refractivity contribution in [1.29, 1.82) is 0 Å². The second-order valence-corrected chi connectivity index (χ2v) is 8.56. The van der Waals surface area contributed by atoms with Crippen LogP contribution in [0.4, 0.5) is 0 Å². The minimum absolute atomic E-state index is 0.106. The van der Waals surface area contributed by atoms with Gasteiger partial charge in [-0.2, -0.15) is 0 Å². The maximum absolute atomic E-state index is 3.71. The summed E-state index contributed by atoms with van der Waals surface area (Å²) in [4.78, 5) is 0. The van der Waals surface area contributed by atoms with Gasteiger partial charge in [-0.15, -0.1) is 0 Å². The molecular formula is C20H25Br. The summed E-state index contributed by atoms with van der Waals surface area (Å²) in [5.74, 6) is 0. The molecule has 0 nitrogen and oxygen atoms in total. The lowest BCUT2D eigenvalue weighted by Gasteiger charge is -2.32. The Morgan fingerprint density at radius 3 is 1.76 bits per heavy atom. The minimum atomic E-state index is 0.106. The van der Waals surface area contributed by atoms with E-state index in [1.807, 2.05) is 0 Å². The lowest BCUT2D eigenvalue weighted by Crippen LogP contribution is -2.23. The Balaban J connectivity index is 2.82. The van der Waals surface area contributed by atoms with Gasteiger partial charge in [0.1, 0.15) is 0 Å². The normalized spacial score (nSPS) is 12.5. The SMILES string of the molecule is CC(C)(C)c1cccc(-c2ccccc2Br)c1C(C)(C)C. The summed E-state index contributed by atoms with van der Waals surface area (Å²) in [6.07, 6.45) is 0. The maximum Gasteiger partial charge on any atom is 0.0253 e. The molecule has 0 unspecified atom stereocenters. The van der Waals surface area contributed by atoms with Gasteiger partial charge in [0, 0.05) is 4.47 Å². The summed E-state index contributed by atoms with van der Waals surface area (Å²) in [5, 5.41) is 0. The van der Waals surface area contributed by atoms with Crippen LogP contribution in [-0.4, -0.2) is 0 Å². The predicted octanol–water partition coefficient (Wildman–Crippen LogP) is 6.71. The average Bonchev–Trinajstić information content (AvgIpc) is 2.36. The standard InChI is InChI=1S/C20H25Br/c1-19(2,3)16-12-9-11-15(18(16)20(4,5)6)14-10-7-8-13-17(14)21/h7-13H,1-6H3. The zero-order valence-electron chi connectivity index (χ0n) is 13.9. The topological polar surface area (TPSA) is 0 Å². The Kier molecular flexibility index (Phi) is 4.35. The first-order chi connectivity index (χ1) is 9.62. The summed E-state index contributed by atoms with van der Waals surface area (Å²) in [6, 6.07) is 15.2. The van der Waals surface area contributed by atoms with Crippen LogP contribution in [-0.2, 0) is 10.8 Å². The first kappa shape index (κ1) is 16.3. The van der Waals surface area contributed by atoms with E-state index in [0.717, 1.165) is 4.47 Å². The fourth-order valence-corrected chi connectivity index (χ4v) is 3.39. The van der Waals surface area contributed by atoms with Crippen molar-refractivity contribution < 1.29 is 0 Å². The van der Waals surface area contributed by atoms with Crippen LogP contribution in [0.15, 0.2) is 46.9 Å². The van der Waals surface area contributed by atoms with E-state index in [1.54, 1.807) is 0 Å². The van der Waals surface area contributed by atoms with Crippen LogP contribution in [0.3, 0.4) is 0 Å². The fourth-order valence-electron chi connectivity index (χ4n) is 2.89. The molecule has 2 aromatic carbocycles. The molecule has 0 aliphatic heterocycles. The second kappa shape index (κ2) is 5.61. The van der Waals surface area contributed by atoms with Gasteiger partial charge in [0.2, 0.25) is 0 Å². The van der Waals surface area contributed by atoms with Crippen molar-refractivity contribution in [2.24, 2.45) is 0 Å². The smallest absolute Gasteiger partial charge is 0.0253 e. The van der Waals surface area contributed by atoms with E-state index in [1.165, 1.54) is 22.3 Å². The third-order valence-electron chi connectivity index (χ3n) is 3.79. The highest BCUT2D eigenvalue weighted by atomic mass is 79.9. The Bertz CT molecular complexity index is 640. The van der Waals surface area contributed by atoms with Crippen LogP contribution < -0.4 is 0 Å². The Hall–Kier alpha value is -1.08. The number of hydrogen-bond acceptors (Lipinski definition) is 0. The first-order valence-electron chi connectivity index (χ1n) is 7.51. The van der Waals surface area contributed by atoms with Gasteiger partial charge in [-0.3, -0.25) is 0 Å². The monoisotopic (exact) mass is 344 g/mol. The van der Waals surface area contributed by atoms with Crippen molar-refractivity contribution >= 4 is 15.9 Å². The maximum atomic E-state index is 3.71. The molecule has 2 aromatic rings. The van der Waals surface area contributed by atoms with Crippen molar-refractivity contribution in [3.8, 4) is 11.1 Å². The number of benzene rings is 2. The van der Waals surface area contributed by atoms with Crippen molar-refractivity contribution in [1.82, 2.24) is 0 Å². The van der Waals surface area contributed by atoms with Crippen molar-refractivity contribution in [3.63, 3.8) is 0 Å². The molecule has 2 rings (SSSR count). The first-order valence-corrected chi connectivity index (χ1v) is 8.30. The van der Waals surface area contributed by atoms with Gasteiger partial charge < -0.3 is 0 Å². The number of halogens is 1. The van der Waals surface area contributed by atoms with Crippen LogP contribution in [0.2, 0.25) is 0 Å². The lowest BCUT2D eigenvalue weighted by molar-refractivity contribution is 0.531. The molecule has 0 aliphatic rings. The van der Waals surface area contributed by atoms with Gasteiger partial charge in [0.15, 0.2) is 0 Å².